The average Bonchev–Trinajstić information content (AvgIpc) is 2.23. The number of nitrogens with one attached hydrogen (secondary N) is 2. The summed E-state index contributed by atoms with van der Waals surface area (Å²) in [4.78, 5) is 24.8. The van der Waals surface area contributed by atoms with Crippen LogP contribution in [0.15, 0.2) is 0 Å². The second-order valence-corrected chi connectivity index (χ2v) is 5.19. The fourth-order valence-corrected chi connectivity index (χ4v) is 1.88. The summed E-state index contributed by atoms with van der Waals surface area (Å²) in [7, 11) is 0. The van der Waals surface area contributed by atoms with Gasteiger partial charge in [-0.05, 0) is 19.8 Å². The van der Waals surface area contributed by atoms with E-state index in [1.807, 2.05) is 18.7 Å². The van der Waals surface area contributed by atoms with Gasteiger partial charge in [-0.3, -0.25) is 15.0 Å². The minimum absolute atomic E-state index is 0.160. The van der Waals surface area contributed by atoms with Crippen molar-refractivity contribution in [2.75, 3.05) is 19.6 Å². The highest BCUT2D eigenvalue weighted by molar-refractivity contribution is 5.96. The Morgan fingerprint density at radius 2 is 1.89 bits per heavy atom. The van der Waals surface area contributed by atoms with Crippen LogP contribution < -0.4 is 10.6 Å². The Labute approximate surface area is 108 Å². The fraction of sp³-hybridized carbons (Fsp3) is 0.833. The number of β-amino-alcohol motifs (C(OH)–C–C–N with tert-alkyl or cyclic N) is 1. The number of urea groups is 1. The van der Waals surface area contributed by atoms with E-state index in [9.17, 15) is 14.7 Å². The van der Waals surface area contributed by atoms with Crippen molar-refractivity contribution in [3.05, 3.63) is 0 Å². The molecule has 0 saturated carbocycles. The summed E-state index contributed by atoms with van der Waals surface area (Å²) in [6.45, 7) is 8.83. The number of aliphatic hydroxyl groups is 1. The zero-order valence-electron chi connectivity index (χ0n) is 11.5. The van der Waals surface area contributed by atoms with E-state index >= 15 is 0 Å². The van der Waals surface area contributed by atoms with Crippen LogP contribution in [0.2, 0.25) is 0 Å². The van der Waals surface area contributed by atoms with Crippen molar-refractivity contribution in [1.82, 2.24) is 15.5 Å². The summed E-state index contributed by atoms with van der Waals surface area (Å²) in [5.74, 6) is -0.181. The predicted molar refractivity (Wildman–Crippen MR) is 68.0 cm³/mol. The third kappa shape index (κ3) is 3.20. The maximum Gasteiger partial charge on any atom is 0.321 e. The van der Waals surface area contributed by atoms with Gasteiger partial charge in [0.1, 0.15) is 0 Å². The van der Waals surface area contributed by atoms with Gasteiger partial charge in [0.15, 0.2) is 0 Å². The molecule has 0 aromatic carbocycles. The van der Waals surface area contributed by atoms with Crippen LogP contribution in [0.25, 0.3) is 0 Å². The van der Waals surface area contributed by atoms with Crippen molar-refractivity contribution in [3.63, 3.8) is 0 Å². The zero-order chi connectivity index (χ0) is 13.9. The molecular weight excluding hydrogens is 234 g/mol. The molecule has 1 fully saturated rings. The van der Waals surface area contributed by atoms with Gasteiger partial charge in [0, 0.05) is 19.6 Å². The SMILES string of the molecule is CCNC(=O)NC(=O)C(C)N1CC(O)(C(C)C)C1. The monoisotopic (exact) mass is 257 g/mol. The van der Waals surface area contributed by atoms with Crippen molar-refractivity contribution in [2.24, 2.45) is 5.92 Å². The number of nitrogens with zero attached hydrogens (tertiary/aromatic N) is 1. The van der Waals surface area contributed by atoms with Gasteiger partial charge in [-0.25, -0.2) is 4.79 Å². The lowest BCUT2D eigenvalue weighted by atomic mass is 9.82. The van der Waals surface area contributed by atoms with Gasteiger partial charge in [-0.15, -0.1) is 0 Å². The standard InChI is InChI=1S/C12H23N3O3/c1-5-13-11(17)14-10(16)9(4)15-6-12(18,7-15)8(2)3/h8-9,18H,5-7H2,1-4H3,(H2,13,14,16,17). The number of likely N-dealkylation sites (tertiary alicyclic amines) is 1. The smallest absolute Gasteiger partial charge is 0.321 e. The van der Waals surface area contributed by atoms with Crippen LogP contribution >= 0.6 is 0 Å². The van der Waals surface area contributed by atoms with Crippen LogP contribution in [0.3, 0.4) is 0 Å². The lowest BCUT2D eigenvalue weighted by Gasteiger charge is -2.51. The molecule has 6 heteroatoms. The van der Waals surface area contributed by atoms with Crippen molar-refractivity contribution in [3.8, 4) is 0 Å². The van der Waals surface area contributed by atoms with Crippen LogP contribution in [-0.4, -0.2) is 53.2 Å². The average molecular weight is 257 g/mol. The molecular formula is C12H23N3O3. The lowest BCUT2D eigenvalue weighted by Crippen LogP contribution is -2.68. The van der Waals surface area contributed by atoms with E-state index in [0.29, 0.717) is 19.6 Å². The highest BCUT2D eigenvalue weighted by Crippen LogP contribution is 2.29. The van der Waals surface area contributed by atoms with Gasteiger partial charge in [0.2, 0.25) is 5.91 Å². The van der Waals surface area contributed by atoms with Crippen LogP contribution in [-0.2, 0) is 4.79 Å². The van der Waals surface area contributed by atoms with Crippen LogP contribution in [0.1, 0.15) is 27.7 Å². The molecule has 1 aliphatic rings. The molecule has 1 aliphatic heterocycles. The van der Waals surface area contributed by atoms with Crippen LogP contribution in [0, 0.1) is 5.92 Å². The summed E-state index contributed by atoms with van der Waals surface area (Å²) in [5.41, 5.74) is -0.708. The van der Waals surface area contributed by atoms with Crippen molar-refractivity contribution >= 4 is 11.9 Å². The molecule has 0 radical (unpaired) electrons. The number of hydrogen-bond donors (Lipinski definition) is 3. The first kappa shape index (κ1) is 14.9. The summed E-state index contributed by atoms with van der Waals surface area (Å²) in [6, 6.07) is -0.888. The first-order valence-electron chi connectivity index (χ1n) is 6.35. The zero-order valence-corrected chi connectivity index (χ0v) is 11.5. The lowest BCUT2D eigenvalue weighted by molar-refractivity contribution is -0.153. The molecule has 1 atom stereocenters. The molecule has 18 heavy (non-hydrogen) atoms. The highest BCUT2D eigenvalue weighted by atomic mass is 16.3. The summed E-state index contributed by atoms with van der Waals surface area (Å²) >= 11 is 0. The second kappa shape index (κ2) is 5.67. The van der Waals surface area contributed by atoms with E-state index in [1.54, 1.807) is 13.8 Å². The van der Waals surface area contributed by atoms with Gasteiger partial charge in [-0.1, -0.05) is 13.8 Å². The van der Waals surface area contributed by atoms with Crippen molar-refractivity contribution in [2.45, 2.75) is 39.3 Å². The first-order valence-corrected chi connectivity index (χ1v) is 6.35. The summed E-state index contributed by atoms with van der Waals surface area (Å²) < 4.78 is 0. The third-order valence-corrected chi connectivity index (χ3v) is 3.53. The number of amides is 3. The molecule has 1 heterocycles. The molecule has 3 amide bonds. The number of hydrogen-bond acceptors (Lipinski definition) is 4. The minimum atomic E-state index is -0.708. The Balaban J connectivity index is 2.41. The molecule has 0 aliphatic carbocycles. The van der Waals surface area contributed by atoms with E-state index in [0.717, 1.165) is 0 Å². The molecule has 1 saturated heterocycles. The predicted octanol–water partition coefficient (Wildman–Crippen LogP) is -0.0767. The van der Waals surface area contributed by atoms with E-state index in [4.69, 9.17) is 0 Å². The minimum Gasteiger partial charge on any atom is -0.387 e. The van der Waals surface area contributed by atoms with E-state index in [2.05, 4.69) is 10.6 Å². The van der Waals surface area contributed by atoms with Crippen molar-refractivity contribution < 1.29 is 14.7 Å². The summed E-state index contributed by atoms with van der Waals surface area (Å²) in [5, 5.41) is 14.9. The maximum atomic E-state index is 11.7. The molecule has 3 N–H and O–H groups in total. The quantitative estimate of drug-likeness (QED) is 0.658. The Morgan fingerprint density at radius 1 is 1.33 bits per heavy atom. The van der Waals surface area contributed by atoms with Crippen LogP contribution in [0.5, 0.6) is 0 Å². The largest absolute Gasteiger partial charge is 0.387 e. The van der Waals surface area contributed by atoms with E-state index in [1.165, 1.54) is 0 Å². The van der Waals surface area contributed by atoms with E-state index < -0.39 is 17.7 Å². The molecule has 0 aromatic heterocycles. The Hall–Kier alpha value is -1.14. The molecule has 0 aromatic rings. The number of imide groups is 1. The summed E-state index contributed by atoms with van der Waals surface area (Å²) in [6.07, 6.45) is 0. The Bertz CT molecular complexity index is 325. The molecule has 0 bridgehead atoms. The number of carbonyl (C=O) groups is 2. The third-order valence-electron chi connectivity index (χ3n) is 3.53. The van der Waals surface area contributed by atoms with Gasteiger partial charge in [-0.2, -0.15) is 0 Å². The van der Waals surface area contributed by atoms with Gasteiger partial charge in [0.05, 0.1) is 11.6 Å². The normalized spacial score (nSPS) is 20.1. The topological polar surface area (TPSA) is 81.7 Å². The first-order chi connectivity index (χ1) is 8.30. The molecule has 0 spiro atoms. The Morgan fingerprint density at radius 3 is 2.33 bits per heavy atom. The molecule has 6 nitrogen and oxygen atoms in total. The van der Waals surface area contributed by atoms with Gasteiger partial charge >= 0.3 is 6.03 Å². The maximum absolute atomic E-state index is 11.7. The second-order valence-electron chi connectivity index (χ2n) is 5.19. The highest BCUT2D eigenvalue weighted by Gasteiger charge is 2.46. The number of rotatable bonds is 4. The molecule has 104 valence electrons. The van der Waals surface area contributed by atoms with Gasteiger partial charge in [0.25, 0.3) is 0 Å². The Kier molecular flexibility index (Phi) is 4.70. The molecule has 1 unspecified atom stereocenters. The van der Waals surface area contributed by atoms with E-state index in [-0.39, 0.29) is 11.8 Å². The van der Waals surface area contributed by atoms with Crippen molar-refractivity contribution in [1.29, 1.82) is 0 Å². The van der Waals surface area contributed by atoms with Gasteiger partial charge < -0.3 is 10.4 Å². The fourth-order valence-electron chi connectivity index (χ4n) is 1.88. The number of carbonyl (C=O) groups excluding carboxylic acids is 2. The van der Waals surface area contributed by atoms with Crippen LogP contribution in [0.4, 0.5) is 4.79 Å². The molecule has 1 rings (SSSR count).